The number of benzene rings is 2. The van der Waals surface area contributed by atoms with Crippen molar-refractivity contribution < 1.29 is 13.9 Å². The summed E-state index contributed by atoms with van der Waals surface area (Å²) in [4.78, 5) is 12.3. The Kier molecular flexibility index (Phi) is 8.06. The number of nitrogens with zero attached hydrogens (tertiary/aromatic N) is 3. The molecule has 0 radical (unpaired) electrons. The Morgan fingerprint density at radius 2 is 1.81 bits per heavy atom. The van der Waals surface area contributed by atoms with Gasteiger partial charge in [0, 0.05) is 13.1 Å². The molecular formula is C23H27FN4O2S. The Morgan fingerprint density at radius 1 is 1.10 bits per heavy atom. The first-order chi connectivity index (χ1) is 14.9. The number of halogens is 1. The molecule has 3 aromatic rings. The van der Waals surface area contributed by atoms with Crippen LogP contribution in [0.2, 0.25) is 0 Å². The van der Waals surface area contributed by atoms with Crippen molar-refractivity contribution in [2.45, 2.75) is 45.1 Å². The molecule has 0 spiro atoms. The summed E-state index contributed by atoms with van der Waals surface area (Å²) in [6.07, 6.45) is -0.377. The molecule has 1 heterocycles. The lowest BCUT2D eigenvalue weighted by Crippen LogP contribution is -2.24. The third-order valence-corrected chi connectivity index (χ3v) is 5.41. The van der Waals surface area contributed by atoms with Gasteiger partial charge in [-0.15, -0.1) is 10.2 Å². The van der Waals surface area contributed by atoms with Gasteiger partial charge in [-0.25, -0.2) is 4.39 Å². The van der Waals surface area contributed by atoms with Gasteiger partial charge in [0.1, 0.15) is 11.6 Å². The number of aromatic nitrogens is 3. The van der Waals surface area contributed by atoms with Gasteiger partial charge in [-0.1, -0.05) is 55.9 Å². The molecule has 164 valence electrons. The zero-order valence-corrected chi connectivity index (χ0v) is 18.7. The van der Waals surface area contributed by atoms with Crippen LogP contribution in [0.25, 0.3) is 0 Å². The Morgan fingerprint density at radius 3 is 2.48 bits per heavy atom. The van der Waals surface area contributed by atoms with Crippen LogP contribution in [0.1, 0.15) is 38.3 Å². The molecule has 1 aromatic heterocycles. The fraction of sp³-hybridized carbons (Fsp3) is 0.348. The summed E-state index contributed by atoms with van der Waals surface area (Å²) in [5, 5.41) is 12.2. The normalized spacial score (nSPS) is 12.0. The third-order valence-electron chi connectivity index (χ3n) is 4.45. The van der Waals surface area contributed by atoms with E-state index in [1.807, 2.05) is 41.8 Å². The van der Waals surface area contributed by atoms with Gasteiger partial charge in [-0.3, -0.25) is 4.79 Å². The van der Waals surface area contributed by atoms with E-state index in [1.54, 1.807) is 12.1 Å². The number of carbonyl (C=O) groups excluding carboxylic acids is 1. The zero-order chi connectivity index (χ0) is 22.2. The van der Waals surface area contributed by atoms with Crippen molar-refractivity contribution in [2.24, 2.45) is 5.92 Å². The molecule has 0 aliphatic heterocycles. The lowest BCUT2D eigenvalue weighted by Gasteiger charge is -2.17. The molecule has 8 heteroatoms. The van der Waals surface area contributed by atoms with Crippen molar-refractivity contribution in [3.8, 4) is 5.75 Å². The summed E-state index contributed by atoms with van der Waals surface area (Å²) in [5.41, 5.74) is 1.05. The highest BCUT2D eigenvalue weighted by molar-refractivity contribution is 7.99. The van der Waals surface area contributed by atoms with Crippen molar-refractivity contribution >= 4 is 17.7 Å². The maximum atomic E-state index is 13.1. The SMILES string of the molecule is CC(C)Cn1c(SCC(=O)NCc2ccccc2)nnc1C(C)Oc1ccc(F)cc1. The van der Waals surface area contributed by atoms with E-state index >= 15 is 0 Å². The number of nitrogens with one attached hydrogen (secondary N) is 1. The Labute approximate surface area is 186 Å². The maximum Gasteiger partial charge on any atom is 0.230 e. The van der Waals surface area contributed by atoms with Crippen LogP contribution in [0.15, 0.2) is 59.8 Å². The maximum absolute atomic E-state index is 13.1. The molecule has 0 bridgehead atoms. The van der Waals surface area contributed by atoms with Crippen molar-refractivity contribution in [3.05, 3.63) is 71.8 Å². The highest BCUT2D eigenvalue weighted by atomic mass is 32.2. The lowest BCUT2D eigenvalue weighted by molar-refractivity contribution is -0.118. The number of hydrogen-bond donors (Lipinski definition) is 1. The Hall–Kier alpha value is -2.87. The molecule has 1 atom stereocenters. The quantitative estimate of drug-likeness (QED) is 0.464. The first-order valence-corrected chi connectivity index (χ1v) is 11.2. The molecule has 2 aromatic carbocycles. The third kappa shape index (κ3) is 6.82. The standard InChI is InChI=1S/C23H27FN4O2S/c1-16(2)14-28-22(17(3)30-20-11-9-19(24)10-12-20)26-27-23(28)31-15-21(29)25-13-18-7-5-4-6-8-18/h4-12,16-17H,13-15H2,1-3H3,(H,25,29). The molecule has 31 heavy (non-hydrogen) atoms. The van der Waals surface area contributed by atoms with Gasteiger partial charge in [-0.2, -0.15) is 0 Å². The van der Waals surface area contributed by atoms with Gasteiger partial charge in [0.25, 0.3) is 0 Å². The van der Waals surface area contributed by atoms with Gasteiger partial charge in [0.05, 0.1) is 5.75 Å². The van der Waals surface area contributed by atoms with E-state index in [9.17, 15) is 9.18 Å². The van der Waals surface area contributed by atoms with Crippen LogP contribution in [0.5, 0.6) is 5.75 Å². The minimum Gasteiger partial charge on any atom is -0.483 e. The van der Waals surface area contributed by atoms with Gasteiger partial charge in [-0.05, 0) is 42.7 Å². The molecule has 0 fully saturated rings. The van der Waals surface area contributed by atoms with Crippen LogP contribution in [0, 0.1) is 11.7 Å². The van der Waals surface area contributed by atoms with Crippen LogP contribution < -0.4 is 10.1 Å². The molecule has 0 aliphatic carbocycles. The average Bonchev–Trinajstić information content (AvgIpc) is 3.15. The Bertz CT molecular complexity index is 977. The van der Waals surface area contributed by atoms with Gasteiger partial charge < -0.3 is 14.6 Å². The van der Waals surface area contributed by atoms with Gasteiger partial charge in [0.15, 0.2) is 17.1 Å². The van der Waals surface area contributed by atoms with E-state index in [2.05, 4.69) is 29.4 Å². The van der Waals surface area contributed by atoms with Crippen molar-refractivity contribution in [1.29, 1.82) is 0 Å². The smallest absolute Gasteiger partial charge is 0.230 e. The number of amides is 1. The number of carbonyl (C=O) groups is 1. The summed E-state index contributed by atoms with van der Waals surface area (Å²) >= 11 is 1.35. The number of hydrogen-bond acceptors (Lipinski definition) is 5. The molecule has 6 nitrogen and oxygen atoms in total. The monoisotopic (exact) mass is 442 g/mol. The second kappa shape index (κ2) is 10.9. The van der Waals surface area contributed by atoms with Crippen LogP contribution >= 0.6 is 11.8 Å². The predicted molar refractivity (Wildman–Crippen MR) is 119 cm³/mol. The molecule has 1 amide bonds. The second-order valence-corrected chi connectivity index (χ2v) is 8.55. The minimum absolute atomic E-state index is 0.0647. The van der Waals surface area contributed by atoms with E-state index < -0.39 is 0 Å². The van der Waals surface area contributed by atoms with Crippen LogP contribution in [-0.2, 0) is 17.9 Å². The first-order valence-electron chi connectivity index (χ1n) is 10.2. The summed E-state index contributed by atoms with van der Waals surface area (Å²) < 4.78 is 21.1. The largest absolute Gasteiger partial charge is 0.483 e. The van der Waals surface area contributed by atoms with Crippen LogP contribution in [-0.4, -0.2) is 26.4 Å². The Balaban J connectivity index is 1.63. The summed E-state index contributed by atoms with van der Waals surface area (Å²) in [7, 11) is 0. The minimum atomic E-state index is -0.377. The number of thioether (sulfide) groups is 1. The highest BCUT2D eigenvalue weighted by Gasteiger charge is 2.21. The topological polar surface area (TPSA) is 69.0 Å². The number of rotatable bonds is 10. The van der Waals surface area contributed by atoms with E-state index in [0.29, 0.717) is 35.7 Å². The molecule has 1 N–H and O–H groups in total. The van der Waals surface area contributed by atoms with Gasteiger partial charge >= 0.3 is 0 Å². The fourth-order valence-corrected chi connectivity index (χ4v) is 3.78. The van der Waals surface area contributed by atoms with Crippen molar-refractivity contribution in [1.82, 2.24) is 20.1 Å². The van der Waals surface area contributed by atoms with Crippen LogP contribution in [0.4, 0.5) is 4.39 Å². The predicted octanol–water partition coefficient (Wildman–Crippen LogP) is 4.62. The molecule has 0 saturated carbocycles. The summed E-state index contributed by atoms with van der Waals surface area (Å²) in [5.74, 6) is 1.46. The van der Waals surface area contributed by atoms with Crippen molar-refractivity contribution in [3.63, 3.8) is 0 Å². The van der Waals surface area contributed by atoms with Crippen molar-refractivity contribution in [2.75, 3.05) is 5.75 Å². The fourth-order valence-electron chi connectivity index (χ4n) is 2.99. The second-order valence-electron chi connectivity index (χ2n) is 7.61. The average molecular weight is 443 g/mol. The summed E-state index contributed by atoms with van der Waals surface area (Å²) in [6, 6.07) is 15.7. The van der Waals surface area contributed by atoms with E-state index in [1.165, 1.54) is 23.9 Å². The number of ether oxygens (including phenoxy) is 1. The van der Waals surface area contributed by atoms with E-state index in [4.69, 9.17) is 4.74 Å². The molecule has 1 unspecified atom stereocenters. The lowest BCUT2D eigenvalue weighted by atomic mass is 10.2. The molecule has 0 saturated heterocycles. The zero-order valence-electron chi connectivity index (χ0n) is 17.9. The molecular weight excluding hydrogens is 415 g/mol. The van der Waals surface area contributed by atoms with Crippen LogP contribution in [0.3, 0.4) is 0 Å². The van der Waals surface area contributed by atoms with Gasteiger partial charge in [0.2, 0.25) is 5.91 Å². The first kappa shape index (κ1) is 22.8. The molecule has 3 rings (SSSR count). The summed E-state index contributed by atoms with van der Waals surface area (Å²) in [6.45, 7) is 7.29. The van der Waals surface area contributed by atoms with E-state index in [-0.39, 0.29) is 23.6 Å². The molecule has 0 aliphatic rings. The van der Waals surface area contributed by atoms with E-state index in [0.717, 1.165) is 5.56 Å². The highest BCUT2D eigenvalue weighted by Crippen LogP contribution is 2.25.